The van der Waals surface area contributed by atoms with E-state index in [0.717, 1.165) is 17.2 Å². The van der Waals surface area contributed by atoms with Crippen molar-refractivity contribution in [1.82, 2.24) is 9.97 Å². The Hall–Kier alpha value is -2.01. The normalized spacial score (nSPS) is 9.42. The monoisotopic (exact) mass is 281 g/mol. The third-order valence-electron chi connectivity index (χ3n) is 2.46. The van der Waals surface area contributed by atoms with Gasteiger partial charge in [-0.1, -0.05) is 0 Å². The van der Waals surface area contributed by atoms with E-state index in [4.69, 9.17) is 9.47 Å². The molecule has 0 atom stereocenters. The molecule has 0 radical (unpaired) electrons. The molecule has 0 fully saturated rings. The molecule has 0 amide bonds. The van der Waals surface area contributed by atoms with E-state index in [1.54, 1.807) is 14.2 Å². The van der Waals surface area contributed by atoms with Crippen LogP contribution in [-0.4, -0.2) is 24.2 Å². The van der Waals surface area contributed by atoms with E-state index in [1.165, 1.54) is 6.33 Å². The molecule has 0 spiro atoms. The SMILES string of the molecule is COc1ccc(Nc2cc(C)ncn2)cc1OC.Cl. The Morgan fingerprint density at radius 2 is 1.74 bits per heavy atom. The van der Waals surface area contributed by atoms with Crippen molar-refractivity contribution < 1.29 is 9.47 Å². The first-order valence-corrected chi connectivity index (χ1v) is 5.50. The van der Waals surface area contributed by atoms with Gasteiger partial charge in [-0.05, 0) is 19.1 Å². The summed E-state index contributed by atoms with van der Waals surface area (Å²) >= 11 is 0. The Balaban J connectivity index is 0.00000180. The number of hydrogen-bond acceptors (Lipinski definition) is 5. The highest BCUT2D eigenvalue weighted by atomic mass is 35.5. The Bertz CT molecular complexity index is 549. The van der Waals surface area contributed by atoms with Gasteiger partial charge >= 0.3 is 0 Å². The minimum Gasteiger partial charge on any atom is -0.493 e. The topological polar surface area (TPSA) is 56.3 Å². The maximum atomic E-state index is 5.24. The molecule has 1 N–H and O–H groups in total. The van der Waals surface area contributed by atoms with Crippen molar-refractivity contribution in [3.8, 4) is 11.5 Å². The van der Waals surface area contributed by atoms with Gasteiger partial charge in [0.2, 0.25) is 0 Å². The molecule has 2 rings (SSSR count). The van der Waals surface area contributed by atoms with Gasteiger partial charge in [0, 0.05) is 23.5 Å². The van der Waals surface area contributed by atoms with E-state index in [2.05, 4.69) is 15.3 Å². The molecule has 0 saturated heterocycles. The predicted molar refractivity (Wildman–Crippen MR) is 76.8 cm³/mol. The fraction of sp³-hybridized carbons (Fsp3) is 0.231. The number of hydrogen-bond donors (Lipinski definition) is 1. The fourth-order valence-electron chi connectivity index (χ4n) is 1.58. The largest absolute Gasteiger partial charge is 0.493 e. The highest BCUT2D eigenvalue weighted by molar-refractivity contribution is 5.85. The summed E-state index contributed by atoms with van der Waals surface area (Å²) in [5, 5.41) is 3.18. The zero-order valence-electron chi connectivity index (χ0n) is 11.0. The van der Waals surface area contributed by atoms with Crippen LogP contribution in [0.4, 0.5) is 11.5 Å². The van der Waals surface area contributed by atoms with Crippen LogP contribution in [0.1, 0.15) is 5.69 Å². The van der Waals surface area contributed by atoms with Crippen LogP contribution in [0.3, 0.4) is 0 Å². The Kier molecular flexibility index (Phi) is 5.38. The van der Waals surface area contributed by atoms with Crippen LogP contribution < -0.4 is 14.8 Å². The molecular formula is C13H16ClN3O2. The van der Waals surface area contributed by atoms with Gasteiger partial charge in [0.15, 0.2) is 11.5 Å². The van der Waals surface area contributed by atoms with Gasteiger partial charge in [0.25, 0.3) is 0 Å². The summed E-state index contributed by atoms with van der Waals surface area (Å²) in [5.41, 5.74) is 1.79. The molecule has 1 heterocycles. The molecule has 1 aromatic carbocycles. The Labute approximate surface area is 118 Å². The summed E-state index contributed by atoms with van der Waals surface area (Å²) in [6.45, 7) is 1.92. The fourth-order valence-corrected chi connectivity index (χ4v) is 1.58. The minimum atomic E-state index is 0. The molecule has 0 saturated carbocycles. The summed E-state index contributed by atoms with van der Waals surface area (Å²) in [4.78, 5) is 8.19. The molecule has 0 bridgehead atoms. The van der Waals surface area contributed by atoms with Gasteiger partial charge in [-0.25, -0.2) is 9.97 Å². The molecular weight excluding hydrogens is 266 g/mol. The van der Waals surface area contributed by atoms with Crippen molar-refractivity contribution in [2.45, 2.75) is 6.92 Å². The summed E-state index contributed by atoms with van der Waals surface area (Å²) < 4.78 is 10.4. The first-order chi connectivity index (χ1) is 8.72. The number of aryl methyl sites for hydroxylation is 1. The second-order valence-corrected chi connectivity index (χ2v) is 3.74. The number of ether oxygens (including phenoxy) is 2. The average Bonchev–Trinajstić information content (AvgIpc) is 2.38. The average molecular weight is 282 g/mol. The lowest BCUT2D eigenvalue weighted by atomic mass is 10.2. The quantitative estimate of drug-likeness (QED) is 0.934. The minimum absolute atomic E-state index is 0. The van der Waals surface area contributed by atoms with Crippen LogP contribution in [0.5, 0.6) is 11.5 Å². The van der Waals surface area contributed by atoms with Crippen LogP contribution in [-0.2, 0) is 0 Å². The molecule has 19 heavy (non-hydrogen) atoms. The summed E-state index contributed by atoms with van der Waals surface area (Å²) in [7, 11) is 3.22. The highest BCUT2D eigenvalue weighted by Gasteiger charge is 2.05. The third kappa shape index (κ3) is 3.72. The van der Waals surface area contributed by atoms with Crippen LogP contribution in [0.2, 0.25) is 0 Å². The maximum Gasteiger partial charge on any atom is 0.162 e. The number of anilines is 2. The van der Waals surface area contributed by atoms with Gasteiger partial charge < -0.3 is 14.8 Å². The number of nitrogens with zero attached hydrogens (tertiary/aromatic N) is 2. The van der Waals surface area contributed by atoms with Crippen LogP contribution >= 0.6 is 12.4 Å². The molecule has 5 nitrogen and oxygen atoms in total. The van der Waals surface area contributed by atoms with Gasteiger partial charge in [0.1, 0.15) is 12.1 Å². The van der Waals surface area contributed by atoms with E-state index in [1.807, 2.05) is 31.2 Å². The van der Waals surface area contributed by atoms with Crippen molar-refractivity contribution in [3.05, 3.63) is 36.3 Å². The lowest BCUT2D eigenvalue weighted by molar-refractivity contribution is 0.355. The zero-order chi connectivity index (χ0) is 13.0. The number of aromatic nitrogens is 2. The van der Waals surface area contributed by atoms with Crippen molar-refractivity contribution in [3.63, 3.8) is 0 Å². The van der Waals surface area contributed by atoms with E-state index in [0.29, 0.717) is 11.5 Å². The van der Waals surface area contributed by atoms with Crippen molar-refractivity contribution in [2.24, 2.45) is 0 Å². The first-order valence-electron chi connectivity index (χ1n) is 5.50. The number of benzene rings is 1. The van der Waals surface area contributed by atoms with Gasteiger partial charge in [0.05, 0.1) is 14.2 Å². The second kappa shape index (κ2) is 6.80. The molecule has 6 heteroatoms. The highest BCUT2D eigenvalue weighted by Crippen LogP contribution is 2.30. The maximum absolute atomic E-state index is 5.24. The van der Waals surface area contributed by atoms with E-state index in [-0.39, 0.29) is 12.4 Å². The van der Waals surface area contributed by atoms with Gasteiger partial charge in [-0.15, -0.1) is 12.4 Å². The molecule has 0 aliphatic heterocycles. The van der Waals surface area contributed by atoms with Crippen molar-refractivity contribution in [2.75, 3.05) is 19.5 Å². The summed E-state index contributed by atoms with van der Waals surface area (Å²) in [6.07, 6.45) is 1.53. The van der Waals surface area contributed by atoms with E-state index in [9.17, 15) is 0 Å². The number of halogens is 1. The smallest absolute Gasteiger partial charge is 0.162 e. The molecule has 2 aromatic rings. The van der Waals surface area contributed by atoms with Gasteiger partial charge in [-0.2, -0.15) is 0 Å². The first kappa shape index (κ1) is 15.0. The summed E-state index contributed by atoms with van der Waals surface area (Å²) in [5.74, 6) is 2.12. The van der Waals surface area contributed by atoms with E-state index >= 15 is 0 Å². The van der Waals surface area contributed by atoms with Crippen LogP contribution in [0.15, 0.2) is 30.6 Å². The van der Waals surface area contributed by atoms with Crippen LogP contribution in [0.25, 0.3) is 0 Å². The van der Waals surface area contributed by atoms with E-state index < -0.39 is 0 Å². The number of nitrogens with one attached hydrogen (secondary N) is 1. The Morgan fingerprint density at radius 3 is 2.37 bits per heavy atom. The predicted octanol–water partition coefficient (Wildman–Crippen LogP) is 2.97. The van der Waals surface area contributed by atoms with Crippen LogP contribution in [0, 0.1) is 6.92 Å². The lowest BCUT2D eigenvalue weighted by Crippen LogP contribution is -1.97. The molecule has 102 valence electrons. The second-order valence-electron chi connectivity index (χ2n) is 3.74. The molecule has 0 unspecified atom stereocenters. The molecule has 0 aliphatic carbocycles. The van der Waals surface area contributed by atoms with Crippen molar-refractivity contribution in [1.29, 1.82) is 0 Å². The lowest BCUT2D eigenvalue weighted by Gasteiger charge is -2.10. The summed E-state index contributed by atoms with van der Waals surface area (Å²) in [6, 6.07) is 7.47. The number of methoxy groups -OCH3 is 2. The zero-order valence-corrected chi connectivity index (χ0v) is 11.8. The standard InChI is InChI=1S/C13H15N3O2.ClH/c1-9-6-13(15-8-14-9)16-10-4-5-11(17-2)12(7-10)18-3;/h4-8H,1-3H3,(H,14,15,16);1H. The molecule has 0 aliphatic rings. The number of rotatable bonds is 4. The molecule has 1 aromatic heterocycles. The Morgan fingerprint density at radius 1 is 1.00 bits per heavy atom. The third-order valence-corrected chi connectivity index (χ3v) is 2.46. The van der Waals surface area contributed by atoms with Gasteiger partial charge in [-0.3, -0.25) is 0 Å². The van der Waals surface area contributed by atoms with Crippen molar-refractivity contribution >= 4 is 23.9 Å².